The lowest BCUT2D eigenvalue weighted by atomic mass is 10.1. The van der Waals surface area contributed by atoms with Crippen molar-refractivity contribution in [3.63, 3.8) is 0 Å². The van der Waals surface area contributed by atoms with Crippen LogP contribution in [0.5, 0.6) is 0 Å². The highest BCUT2D eigenvalue weighted by Gasteiger charge is 2.19. The van der Waals surface area contributed by atoms with E-state index >= 15 is 0 Å². The van der Waals surface area contributed by atoms with E-state index in [4.69, 9.17) is 0 Å². The SMILES string of the molecule is CCNC(C)c1cc(Br)ccc1SC1CCCC1. The van der Waals surface area contributed by atoms with Gasteiger partial charge in [0.15, 0.2) is 0 Å². The molecule has 100 valence electrons. The Hall–Kier alpha value is 0.01000. The lowest BCUT2D eigenvalue weighted by Gasteiger charge is -2.19. The van der Waals surface area contributed by atoms with Crippen LogP contribution in [0.1, 0.15) is 51.1 Å². The summed E-state index contributed by atoms with van der Waals surface area (Å²) in [6.45, 7) is 5.43. The molecule has 1 fully saturated rings. The van der Waals surface area contributed by atoms with E-state index in [0.717, 1.165) is 11.8 Å². The van der Waals surface area contributed by atoms with Crippen LogP contribution in [0.2, 0.25) is 0 Å². The number of nitrogens with one attached hydrogen (secondary N) is 1. The van der Waals surface area contributed by atoms with Gasteiger partial charge in [-0.3, -0.25) is 0 Å². The van der Waals surface area contributed by atoms with Crippen LogP contribution < -0.4 is 5.32 Å². The molecule has 0 bridgehead atoms. The van der Waals surface area contributed by atoms with Crippen molar-refractivity contribution in [3.8, 4) is 0 Å². The van der Waals surface area contributed by atoms with Crippen molar-refractivity contribution in [1.29, 1.82) is 0 Å². The zero-order chi connectivity index (χ0) is 13.0. The molecular formula is C15H22BrNS. The third kappa shape index (κ3) is 3.75. The fraction of sp³-hybridized carbons (Fsp3) is 0.600. The number of hydrogen-bond donors (Lipinski definition) is 1. The van der Waals surface area contributed by atoms with E-state index in [-0.39, 0.29) is 0 Å². The van der Waals surface area contributed by atoms with Gasteiger partial charge < -0.3 is 5.32 Å². The fourth-order valence-corrected chi connectivity index (χ4v) is 4.39. The lowest BCUT2D eigenvalue weighted by molar-refractivity contribution is 0.589. The molecule has 2 rings (SSSR count). The third-order valence-electron chi connectivity index (χ3n) is 3.54. The zero-order valence-electron chi connectivity index (χ0n) is 11.2. The molecule has 1 nitrogen and oxygen atoms in total. The average molecular weight is 328 g/mol. The first-order chi connectivity index (χ1) is 8.70. The Morgan fingerprint density at radius 3 is 2.78 bits per heavy atom. The van der Waals surface area contributed by atoms with Crippen molar-refractivity contribution >= 4 is 27.7 Å². The van der Waals surface area contributed by atoms with Gasteiger partial charge in [0.25, 0.3) is 0 Å². The van der Waals surface area contributed by atoms with Gasteiger partial charge >= 0.3 is 0 Å². The van der Waals surface area contributed by atoms with Crippen LogP contribution in [0.25, 0.3) is 0 Å². The van der Waals surface area contributed by atoms with Gasteiger partial charge in [0, 0.05) is 20.7 Å². The molecule has 1 aliphatic carbocycles. The smallest absolute Gasteiger partial charge is 0.0303 e. The van der Waals surface area contributed by atoms with Gasteiger partial charge in [-0.1, -0.05) is 35.7 Å². The van der Waals surface area contributed by atoms with E-state index in [1.54, 1.807) is 0 Å². The fourth-order valence-electron chi connectivity index (χ4n) is 2.57. The standard InChI is InChI=1S/C15H22BrNS/c1-3-17-11(2)14-10-12(16)8-9-15(14)18-13-6-4-5-7-13/h8-11,13,17H,3-7H2,1-2H3. The van der Waals surface area contributed by atoms with Crippen molar-refractivity contribution in [2.75, 3.05) is 6.54 Å². The van der Waals surface area contributed by atoms with Crippen molar-refractivity contribution < 1.29 is 0 Å². The molecule has 0 saturated heterocycles. The van der Waals surface area contributed by atoms with Crippen LogP contribution >= 0.6 is 27.7 Å². The van der Waals surface area contributed by atoms with Gasteiger partial charge in [-0.2, -0.15) is 0 Å². The Balaban J connectivity index is 2.16. The van der Waals surface area contributed by atoms with Crippen molar-refractivity contribution in [3.05, 3.63) is 28.2 Å². The van der Waals surface area contributed by atoms with E-state index in [0.29, 0.717) is 6.04 Å². The normalized spacial score (nSPS) is 18.2. The summed E-state index contributed by atoms with van der Waals surface area (Å²) in [6, 6.07) is 7.14. The second kappa shape index (κ2) is 6.97. The van der Waals surface area contributed by atoms with Crippen LogP contribution in [0.15, 0.2) is 27.6 Å². The Kier molecular flexibility index (Phi) is 5.58. The highest BCUT2D eigenvalue weighted by atomic mass is 79.9. The molecule has 0 spiro atoms. The van der Waals surface area contributed by atoms with Crippen molar-refractivity contribution in [1.82, 2.24) is 5.32 Å². The average Bonchev–Trinajstić information content (AvgIpc) is 2.84. The molecule has 1 saturated carbocycles. The Labute approximate surface area is 123 Å². The molecule has 3 heteroatoms. The third-order valence-corrected chi connectivity index (χ3v) is 5.47. The molecule has 0 heterocycles. The minimum Gasteiger partial charge on any atom is -0.310 e. The quantitative estimate of drug-likeness (QED) is 0.802. The number of benzene rings is 1. The number of rotatable bonds is 5. The van der Waals surface area contributed by atoms with Crippen LogP contribution in [-0.2, 0) is 0 Å². The van der Waals surface area contributed by atoms with E-state index in [1.807, 2.05) is 0 Å². The lowest BCUT2D eigenvalue weighted by Crippen LogP contribution is -2.18. The molecule has 1 atom stereocenters. The first kappa shape index (κ1) is 14.4. The molecule has 0 amide bonds. The zero-order valence-corrected chi connectivity index (χ0v) is 13.6. The number of halogens is 1. The van der Waals surface area contributed by atoms with E-state index in [2.05, 4.69) is 65.1 Å². The molecular weight excluding hydrogens is 306 g/mol. The van der Waals surface area contributed by atoms with E-state index < -0.39 is 0 Å². The predicted octanol–water partition coefficient (Wildman–Crippen LogP) is 5.15. The maximum Gasteiger partial charge on any atom is 0.0303 e. The largest absolute Gasteiger partial charge is 0.310 e. The van der Waals surface area contributed by atoms with Crippen LogP contribution in [-0.4, -0.2) is 11.8 Å². The summed E-state index contributed by atoms with van der Waals surface area (Å²) in [6.07, 6.45) is 5.59. The molecule has 1 unspecified atom stereocenters. The summed E-state index contributed by atoms with van der Waals surface area (Å²) in [5.74, 6) is 0. The molecule has 1 aliphatic rings. The van der Waals surface area contributed by atoms with Crippen LogP contribution in [0, 0.1) is 0 Å². The van der Waals surface area contributed by atoms with Crippen LogP contribution in [0.3, 0.4) is 0 Å². The first-order valence-corrected chi connectivity index (χ1v) is 8.57. The van der Waals surface area contributed by atoms with Crippen molar-refractivity contribution in [2.24, 2.45) is 0 Å². The van der Waals surface area contributed by atoms with Crippen LogP contribution in [0.4, 0.5) is 0 Å². The second-order valence-electron chi connectivity index (χ2n) is 4.99. The van der Waals surface area contributed by atoms with Gasteiger partial charge in [-0.05, 0) is 50.1 Å². The van der Waals surface area contributed by atoms with Gasteiger partial charge in [-0.25, -0.2) is 0 Å². The summed E-state index contributed by atoms with van der Waals surface area (Å²) in [5.41, 5.74) is 1.43. The molecule has 0 radical (unpaired) electrons. The molecule has 1 N–H and O–H groups in total. The van der Waals surface area contributed by atoms with Gasteiger partial charge in [0.1, 0.15) is 0 Å². The second-order valence-corrected chi connectivity index (χ2v) is 7.24. The summed E-state index contributed by atoms with van der Waals surface area (Å²) in [5, 5.41) is 4.35. The summed E-state index contributed by atoms with van der Waals surface area (Å²) in [7, 11) is 0. The highest BCUT2D eigenvalue weighted by molar-refractivity contribution is 9.10. The van der Waals surface area contributed by atoms with Gasteiger partial charge in [0.05, 0.1) is 0 Å². The monoisotopic (exact) mass is 327 g/mol. The molecule has 1 aromatic carbocycles. The molecule has 1 aromatic rings. The Bertz CT molecular complexity index is 388. The summed E-state index contributed by atoms with van der Waals surface area (Å²) >= 11 is 5.67. The highest BCUT2D eigenvalue weighted by Crippen LogP contribution is 2.38. The summed E-state index contributed by atoms with van der Waals surface area (Å²) in [4.78, 5) is 1.46. The number of hydrogen-bond acceptors (Lipinski definition) is 2. The molecule has 18 heavy (non-hydrogen) atoms. The maximum absolute atomic E-state index is 3.59. The van der Waals surface area contributed by atoms with E-state index in [9.17, 15) is 0 Å². The Morgan fingerprint density at radius 1 is 1.39 bits per heavy atom. The van der Waals surface area contributed by atoms with E-state index in [1.165, 1.54) is 40.6 Å². The molecule has 0 aliphatic heterocycles. The predicted molar refractivity (Wildman–Crippen MR) is 84.3 cm³/mol. The topological polar surface area (TPSA) is 12.0 Å². The Morgan fingerprint density at radius 2 is 2.11 bits per heavy atom. The number of thioether (sulfide) groups is 1. The summed E-state index contributed by atoms with van der Waals surface area (Å²) < 4.78 is 1.18. The first-order valence-electron chi connectivity index (χ1n) is 6.90. The van der Waals surface area contributed by atoms with Gasteiger partial charge in [-0.15, -0.1) is 11.8 Å². The minimum atomic E-state index is 0.427. The minimum absolute atomic E-state index is 0.427. The molecule has 0 aromatic heterocycles. The maximum atomic E-state index is 3.59. The van der Waals surface area contributed by atoms with Crippen molar-refractivity contribution in [2.45, 2.75) is 55.7 Å². The van der Waals surface area contributed by atoms with Gasteiger partial charge in [0.2, 0.25) is 0 Å².